The Bertz CT molecular complexity index is 575. The molecular weight excluding hydrogens is 512 g/mol. The fourth-order valence-electron chi connectivity index (χ4n) is 6.65. The molecule has 0 saturated carbocycles. The summed E-state index contributed by atoms with van der Waals surface area (Å²) in [6, 6.07) is 0. The summed E-state index contributed by atoms with van der Waals surface area (Å²) in [4.78, 5) is 18.0. The molecule has 42 heavy (non-hydrogen) atoms. The van der Waals surface area contributed by atoms with Crippen LogP contribution in [0.2, 0.25) is 0 Å². The average Bonchev–Trinajstić information content (AvgIpc) is 3.30. The van der Waals surface area contributed by atoms with Crippen molar-refractivity contribution < 1.29 is 4.79 Å². The number of nitrogens with zero attached hydrogens (tertiary/aromatic N) is 2. The van der Waals surface area contributed by atoms with Gasteiger partial charge in [0.2, 0.25) is 5.91 Å². The van der Waals surface area contributed by atoms with E-state index < -0.39 is 0 Å². The van der Waals surface area contributed by atoms with E-state index in [1.54, 1.807) is 0 Å². The monoisotopic (exact) mass is 589 g/mol. The van der Waals surface area contributed by atoms with Crippen molar-refractivity contribution in [2.75, 3.05) is 32.7 Å². The summed E-state index contributed by atoms with van der Waals surface area (Å²) in [6.45, 7) is 12.6. The van der Waals surface area contributed by atoms with E-state index in [0.717, 1.165) is 38.8 Å². The molecule has 0 spiro atoms. The zero-order chi connectivity index (χ0) is 30.4. The first kappa shape index (κ1) is 39.2. The van der Waals surface area contributed by atoms with Crippen LogP contribution in [0.4, 0.5) is 0 Å². The third kappa shape index (κ3) is 23.6. The van der Waals surface area contributed by atoms with Gasteiger partial charge in [-0.05, 0) is 64.1 Å². The zero-order valence-electron chi connectivity index (χ0n) is 29.2. The van der Waals surface area contributed by atoms with Crippen molar-refractivity contribution in [3.63, 3.8) is 0 Å². The zero-order valence-corrected chi connectivity index (χ0v) is 29.2. The molecule has 0 bridgehead atoms. The van der Waals surface area contributed by atoms with E-state index in [1.165, 1.54) is 167 Å². The van der Waals surface area contributed by atoms with Crippen molar-refractivity contribution >= 4 is 5.91 Å². The highest BCUT2D eigenvalue weighted by atomic mass is 16.2. The Kier molecular flexibility index (Phi) is 28.2. The van der Waals surface area contributed by atoms with Crippen LogP contribution in [0.3, 0.4) is 0 Å². The lowest BCUT2D eigenvalue weighted by atomic mass is 9.92. The van der Waals surface area contributed by atoms with Gasteiger partial charge in [0, 0.05) is 19.5 Å². The first-order chi connectivity index (χ1) is 20.7. The SMILES string of the molecule is CCCCCCCCCC(CCC(=O)N1CCC=CCC1)CCN(CCCCCCCCC)CCCCCCCCC. The molecule has 248 valence electrons. The lowest BCUT2D eigenvalue weighted by Crippen LogP contribution is -2.32. The molecule has 0 fully saturated rings. The smallest absolute Gasteiger partial charge is 0.222 e. The van der Waals surface area contributed by atoms with Gasteiger partial charge in [0.05, 0.1) is 0 Å². The Morgan fingerprint density at radius 2 is 0.976 bits per heavy atom. The quantitative estimate of drug-likeness (QED) is 0.0615. The second-order valence-electron chi connectivity index (χ2n) is 13.6. The molecule has 1 atom stereocenters. The van der Waals surface area contributed by atoms with Crippen LogP contribution in [0.15, 0.2) is 12.2 Å². The third-order valence-corrected chi connectivity index (χ3v) is 9.64. The molecule has 1 heterocycles. The molecule has 0 aromatic rings. The second kappa shape index (κ2) is 30.2. The van der Waals surface area contributed by atoms with Gasteiger partial charge >= 0.3 is 0 Å². The predicted octanol–water partition coefficient (Wildman–Crippen LogP) is 11.9. The Balaban J connectivity index is 2.56. The summed E-state index contributed by atoms with van der Waals surface area (Å²) in [7, 11) is 0. The molecule has 1 rings (SSSR count). The number of hydrogen-bond acceptors (Lipinski definition) is 2. The lowest BCUT2D eigenvalue weighted by Gasteiger charge is -2.26. The van der Waals surface area contributed by atoms with Crippen LogP contribution in [0.5, 0.6) is 0 Å². The van der Waals surface area contributed by atoms with Gasteiger partial charge in [-0.3, -0.25) is 4.79 Å². The normalized spacial score (nSPS) is 14.5. The average molecular weight is 589 g/mol. The largest absolute Gasteiger partial charge is 0.342 e. The molecule has 0 aromatic heterocycles. The van der Waals surface area contributed by atoms with Gasteiger partial charge in [-0.2, -0.15) is 0 Å². The second-order valence-corrected chi connectivity index (χ2v) is 13.6. The first-order valence-electron chi connectivity index (χ1n) is 19.4. The van der Waals surface area contributed by atoms with E-state index in [0.29, 0.717) is 11.8 Å². The summed E-state index contributed by atoms with van der Waals surface area (Å²) in [5.74, 6) is 1.12. The van der Waals surface area contributed by atoms with Crippen LogP contribution < -0.4 is 0 Å². The molecular formula is C39H76N2O. The summed E-state index contributed by atoms with van der Waals surface area (Å²) in [5.41, 5.74) is 0. The minimum atomic E-state index is 0.409. The molecule has 0 saturated heterocycles. The van der Waals surface area contributed by atoms with Crippen LogP contribution in [0.1, 0.15) is 194 Å². The third-order valence-electron chi connectivity index (χ3n) is 9.64. The fraction of sp³-hybridized carbons (Fsp3) is 0.923. The van der Waals surface area contributed by atoms with Gasteiger partial charge in [0.25, 0.3) is 0 Å². The van der Waals surface area contributed by atoms with Crippen molar-refractivity contribution in [1.29, 1.82) is 0 Å². The molecule has 3 heteroatoms. The summed E-state index contributed by atoms with van der Waals surface area (Å²) in [5, 5.41) is 0. The van der Waals surface area contributed by atoms with E-state index in [4.69, 9.17) is 0 Å². The van der Waals surface area contributed by atoms with Crippen LogP contribution in [-0.4, -0.2) is 48.4 Å². The Labute approximate surface area is 265 Å². The summed E-state index contributed by atoms with van der Waals surface area (Å²) in [6.07, 6.45) is 40.3. The van der Waals surface area contributed by atoms with E-state index >= 15 is 0 Å². The molecule has 0 radical (unpaired) electrons. The Morgan fingerprint density at radius 3 is 1.45 bits per heavy atom. The van der Waals surface area contributed by atoms with Gasteiger partial charge in [-0.15, -0.1) is 0 Å². The summed E-state index contributed by atoms with van der Waals surface area (Å²) < 4.78 is 0. The van der Waals surface area contributed by atoms with Gasteiger partial charge in [0.15, 0.2) is 0 Å². The predicted molar refractivity (Wildman–Crippen MR) is 187 cm³/mol. The molecule has 3 nitrogen and oxygen atoms in total. The molecule has 0 N–H and O–H groups in total. The summed E-state index contributed by atoms with van der Waals surface area (Å²) >= 11 is 0. The Morgan fingerprint density at radius 1 is 0.548 bits per heavy atom. The number of carbonyl (C=O) groups is 1. The van der Waals surface area contributed by atoms with Crippen LogP contribution in [-0.2, 0) is 4.79 Å². The molecule has 0 aliphatic carbocycles. The van der Waals surface area contributed by atoms with E-state index in [-0.39, 0.29) is 0 Å². The molecule has 1 amide bonds. The number of amides is 1. The molecule has 1 aliphatic rings. The number of unbranched alkanes of at least 4 members (excludes halogenated alkanes) is 18. The number of carbonyl (C=O) groups excluding carboxylic acids is 1. The highest BCUT2D eigenvalue weighted by Gasteiger charge is 2.18. The van der Waals surface area contributed by atoms with E-state index in [9.17, 15) is 4.79 Å². The Hall–Kier alpha value is -0.830. The maximum absolute atomic E-state index is 13.1. The minimum Gasteiger partial charge on any atom is -0.342 e. The fourth-order valence-corrected chi connectivity index (χ4v) is 6.65. The van der Waals surface area contributed by atoms with Crippen LogP contribution in [0, 0.1) is 5.92 Å². The van der Waals surface area contributed by atoms with Crippen LogP contribution in [0.25, 0.3) is 0 Å². The van der Waals surface area contributed by atoms with Crippen molar-refractivity contribution in [3.05, 3.63) is 12.2 Å². The minimum absolute atomic E-state index is 0.409. The first-order valence-corrected chi connectivity index (χ1v) is 19.4. The van der Waals surface area contributed by atoms with E-state index in [2.05, 4.69) is 42.7 Å². The standard InChI is InChI=1S/C39H76N2O/c1-4-7-10-13-16-19-24-29-38(30-31-39(42)41-35-27-22-23-28-36-41)32-37-40(33-25-20-17-14-11-8-5-2)34-26-21-18-15-12-9-6-3/h22-23,38H,4-21,24-37H2,1-3H3. The number of rotatable bonds is 30. The van der Waals surface area contributed by atoms with Crippen molar-refractivity contribution in [3.8, 4) is 0 Å². The van der Waals surface area contributed by atoms with E-state index in [1.807, 2.05) is 0 Å². The van der Waals surface area contributed by atoms with Crippen molar-refractivity contribution in [2.45, 2.75) is 194 Å². The molecule has 1 aliphatic heterocycles. The maximum atomic E-state index is 13.1. The van der Waals surface area contributed by atoms with Crippen molar-refractivity contribution in [1.82, 2.24) is 9.80 Å². The highest BCUT2D eigenvalue weighted by molar-refractivity contribution is 5.76. The van der Waals surface area contributed by atoms with Crippen molar-refractivity contribution in [2.24, 2.45) is 5.92 Å². The number of hydrogen-bond donors (Lipinski definition) is 0. The molecule has 1 unspecified atom stereocenters. The maximum Gasteiger partial charge on any atom is 0.222 e. The lowest BCUT2D eigenvalue weighted by molar-refractivity contribution is -0.131. The molecule has 0 aromatic carbocycles. The van der Waals surface area contributed by atoms with Gasteiger partial charge in [-0.1, -0.05) is 161 Å². The van der Waals surface area contributed by atoms with Crippen LogP contribution >= 0.6 is 0 Å². The van der Waals surface area contributed by atoms with Gasteiger partial charge in [0.1, 0.15) is 0 Å². The topological polar surface area (TPSA) is 23.6 Å². The van der Waals surface area contributed by atoms with Gasteiger partial charge in [-0.25, -0.2) is 0 Å². The van der Waals surface area contributed by atoms with Gasteiger partial charge < -0.3 is 9.80 Å². The highest BCUT2D eigenvalue weighted by Crippen LogP contribution is 2.23.